The van der Waals surface area contributed by atoms with Gasteiger partial charge in [0.2, 0.25) is 5.91 Å². The molecule has 23 heavy (non-hydrogen) atoms. The van der Waals surface area contributed by atoms with Crippen LogP contribution in [-0.2, 0) is 14.3 Å². The fourth-order valence-electron chi connectivity index (χ4n) is 4.17. The fourth-order valence-corrected chi connectivity index (χ4v) is 4.17. The van der Waals surface area contributed by atoms with Crippen LogP contribution in [0.2, 0.25) is 0 Å². The topological polar surface area (TPSA) is 71.0 Å². The third-order valence-corrected chi connectivity index (χ3v) is 5.70. The maximum Gasteiger partial charge on any atom is 0.242 e. The number of hydrogen-bond donors (Lipinski definition) is 2. The van der Waals surface area contributed by atoms with Crippen LogP contribution in [-0.4, -0.2) is 73.1 Å². The molecule has 0 aromatic rings. The van der Waals surface area contributed by atoms with E-state index in [9.17, 15) is 9.90 Å². The Hall–Kier alpha value is -0.400. The predicted octanol–water partition coefficient (Wildman–Crippen LogP) is 0.564. The van der Waals surface area contributed by atoms with Crippen molar-refractivity contribution in [3.8, 4) is 0 Å². The summed E-state index contributed by atoms with van der Waals surface area (Å²) in [5.74, 6) is 0.129. The van der Waals surface area contributed by atoms with Gasteiger partial charge >= 0.3 is 0 Å². The Morgan fingerprint density at radius 2 is 2.13 bits per heavy atom. The number of likely N-dealkylation sites (tertiary alicyclic amines) is 1. The second kappa shape index (κ2) is 7.66. The SMILES string of the molecule is CCOC1CC(O)C12CCN(C(=O)[C@H]1NCCO[C@@H]1C)CC2.Cl. The largest absolute Gasteiger partial charge is 0.392 e. The molecule has 3 rings (SSSR count). The molecule has 2 aliphatic heterocycles. The highest BCUT2D eigenvalue weighted by atomic mass is 35.5. The lowest BCUT2D eigenvalue weighted by atomic mass is 9.58. The molecule has 4 atom stereocenters. The lowest BCUT2D eigenvalue weighted by molar-refractivity contribution is -0.210. The molecule has 1 saturated carbocycles. The summed E-state index contributed by atoms with van der Waals surface area (Å²) < 4.78 is 11.3. The number of rotatable bonds is 3. The van der Waals surface area contributed by atoms with Gasteiger partial charge in [-0.15, -0.1) is 12.4 Å². The van der Waals surface area contributed by atoms with E-state index in [0.717, 1.165) is 25.8 Å². The Bertz CT molecular complexity index is 413. The number of aliphatic hydroxyl groups excluding tert-OH is 1. The molecule has 6 nitrogen and oxygen atoms in total. The van der Waals surface area contributed by atoms with E-state index in [1.54, 1.807) is 0 Å². The van der Waals surface area contributed by atoms with Gasteiger partial charge in [0.05, 0.1) is 24.9 Å². The number of hydrogen-bond acceptors (Lipinski definition) is 5. The Kier molecular flexibility index (Phi) is 6.30. The van der Waals surface area contributed by atoms with Gasteiger partial charge in [0.1, 0.15) is 6.04 Å². The van der Waals surface area contributed by atoms with Crippen LogP contribution < -0.4 is 5.32 Å². The summed E-state index contributed by atoms with van der Waals surface area (Å²) in [6.45, 7) is 7.41. The maximum atomic E-state index is 12.7. The Balaban J connectivity index is 0.00000192. The third kappa shape index (κ3) is 3.37. The summed E-state index contributed by atoms with van der Waals surface area (Å²) in [6.07, 6.45) is 2.18. The standard InChI is InChI=1S/C16H28N2O4.ClH/c1-3-21-13-10-12(19)16(13)4-7-18(8-5-16)15(20)14-11(2)22-9-6-17-14;/h11-14,17,19H,3-10H2,1-2H3;1H/t11-,12?,13?,14+;/m1./s1. The Morgan fingerprint density at radius 3 is 2.70 bits per heavy atom. The molecular formula is C16H29ClN2O4. The summed E-state index contributed by atoms with van der Waals surface area (Å²) >= 11 is 0. The van der Waals surface area contributed by atoms with E-state index >= 15 is 0 Å². The molecule has 0 aromatic carbocycles. The van der Waals surface area contributed by atoms with Gasteiger partial charge in [-0.2, -0.15) is 0 Å². The number of nitrogens with zero attached hydrogens (tertiary/aromatic N) is 1. The van der Waals surface area contributed by atoms with E-state index in [1.165, 1.54) is 0 Å². The van der Waals surface area contributed by atoms with Gasteiger partial charge in [0.15, 0.2) is 0 Å². The molecule has 0 bridgehead atoms. The summed E-state index contributed by atoms with van der Waals surface area (Å²) in [7, 11) is 0. The average molecular weight is 349 g/mol. The summed E-state index contributed by atoms with van der Waals surface area (Å²) in [6, 6.07) is -0.239. The number of carbonyl (C=O) groups excluding carboxylic acids is 1. The van der Waals surface area contributed by atoms with E-state index in [1.807, 2.05) is 18.7 Å². The molecule has 1 aliphatic carbocycles. The lowest BCUT2D eigenvalue weighted by Gasteiger charge is -2.56. The van der Waals surface area contributed by atoms with Crippen LogP contribution in [0.5, 0.6) is 0 Å². The van der Waals surface area contributed by atoms with Crippen molar-refractivity contribution in [3.63, 3.8) is 0 Å². The number of amides is 1. The molecule has 3 fully saturated rings. The van der Waals surface area contributed by atoms with Gasteiger partial charge in [0.25, 0.3) is 0 Å². The number of halogens is 1. The van der Waals surface area contributed by atoms with Gasteiger partial charge in [-0.1, -0.05) is 0 Å². The van der Waals surface area contributed by atoms with E-state index in [2.05, 4.69) is 5.32 Å². The third-order valence-electron chi connectivity index (χ3n) is 5.70. The van der Waals surface area contributed by atoms with Crippen molar-refractivity contribution in [2.24, 2.45) is 5.41 Å². The van der Waals surface area contributed by atoms with Gasteiger partial charge in [-0.25, -0.2) is 0 Å². The normalized spacial score (nSPS) is 36.2. The van der Waals surface area contributed by atoms with Gasteiger partial charge in [0, 0.05) is 38.1 Å². The van der Waals surface area contributed by atoms with Gasteiger partial charge in [-0.05, 0) is 26.7 Å². The van der Waals surface area contributed by atoms with Crippen molar-refractivity contribution in [2.75, 3.05) is 32.8 Å². The maximum absolute atomic E-state index is 12.7. The van der Waals surface area contributed by atoms with E-state index in [-0.39, 0.29) is 48.1 Å². The number of nitrogens with one attached hydrogen (secondary N) is 1. The zero-order valence-electron chi connectivity index (χ0n) is 14.0. The van der Waals surface area contributed by atoms with Crippen molar-refractivity contribution in [1.29, 1.82) is 0 Å². The van der Waals surface area contributed by atoms with E-state index in [4.69, 9.17) is 9.47 Å². The molecule has 134 valence electrons. The fraction of sp³-hybridized carbons (Fsp3) is 0.938. The van der Waals surface area contributed by atoms with Crippen molar-refractivity contribution >= 4 is 18.3 Å². The Labute approximate surface area is 144 Å². The van der Waals surface area contributed by atoms with Crippen LogP contribution in [0, 0.1) is 5.41 Å². The highest BCUT2D eigenvalue weighted by Crippen LogP contribution is 2.51. The molecule has 2 saturated heterocycles. The lowest BCUT2D eigenvalue weighted by Crippen LogP contribution is -2.64. The number of aliphatic hydroxyl groups is 1. The highest BCUT2D eigenvalue weighted by molar-refractivity contribution is 5.85. The first-order valence-electron chi connectivity index (χ1n) is 8.52. The van der Waals surface area contributed by atoms with Crippen LogP contribution in [0.25, 0.3) is 0 Å². The monoisotopic (exact) mass is 348 g/mol. The van der Waals surface area contributed by atoms with Crippen LogP contribution >= 0.6 is 12.4 Å². The number of piperidine rings is 1. The van der Waals surface area contributed by atoms with Crippen molar-refractivity contribution < 1.29 is 19.4 Å². The molecule has 1 amide bonds. The molecule has 2 N–H and O–H groups in total. The molecule has 0 radical (unpaired) electrons. The van der Waals surface area contributed by atoms with Crippen molar-refractivity contribution in [3.05, 3.63) is 0 Å². The molecule has 1 spiro atoms. The van der Waals surface area contributed by atoms with Crippen LogP contribution in [0.1, 0.15) is 33.1 Å². The van der Waals surface area contributed by atoms with Crippen molar-refractivity contribution in [2.45, 2.75) is 57.5 Å². The molecule has 2 unspecified atom stereocenters. The smallest absolute Gasteiger partial charge is 0.242 e. The average Bonchev–Trinajstić information content (AvgIpc) is 2.55. The first kappa shape index (κ1) is 18.9. The minimum absolute atomic E-state index is 0. The van der Waals surface area contributed by atoms with Gasteiger partial charge < -0.3 is 24.8 Å². The molecule has 0 aromatic heterocycles. The summed E-state index contributed by atoms with van der Waals surface area (Å²) in [4.78, 5) is 14.6. The van der Waals surface area contributed by atoms with E-state index in [0.29, 0.717) is 26.3 Å². The summed E-state index contributed by atoms with van der Waals surface area (Å²) in [5, 5.41) is 13.5. The minimum Gasteiger partial charge on any atom is -0.392 e. The quantitative estimate of drug-likeness (QED) is 0.780. The first-order chi connectivity index (χ1) is 10.6. The van der Waals surface area contributed by atoms with Crippen LogP contribution in [0.3, 0.4) is 0 Å². The van der Waals surface area contributed by atoms with Gasteiger partial charge in [-0.3, -0.25) is 4.79 Å². The Morgan fingerprint density at radius 1 is 1.43 bits per heavy atom. The molecular weight excluding hydrogens is 320 g/mol. The van der Waals surface area contributed by atoms with Crippen molar-refractivity contribution in [1.82, 2.24) is 10.2 Å². The molecule has 7 heteroatoms. The van der Waals surface area contributed by atoms with Crippen LogP contribution in [0.4, 0.5) is 0 Å². The summed E-state index contributed by atoms with van der Waals surface area (Å²) in [5.41, 5.74) is -0.130. The first-order valence-corrected chi connectivity index (χ1v) is 8.52. The number of carbonyl (C=O) groups is 1. The van der Waals surface area contributed by atoms with Crippen LogP contribution in [0.15, 0.2) is 0 Å². The molecule has 2 heterocycles. The zero-order valence-corrected chi connectivity index (χ0v) is 14.8. The second-order valence-electron chi connectivity index (χ2n) is 6.76. The number of ether oxygens (including phenoxy) is 2. The predicted molar refractivity (Wildman–Crippen MR) is 88.7 cm³/mol. The second-order valence-corrected chi connectivity index (χ2v) is 6.76. The highest BCUT2D eigenvalue weighted by Gasteiger charge is 2.56. The minimum atomic E-state index is -0.281. The zero-order chi connectivity index (χ0) is 15.7. The number of morpholine rings is 1. The van der Waals surface area contributed by atoms with E-state index < -0.39 is 0 Å². The molecule has 3 aliphatic rings.